The molecule has 2 fully saturated rings. The molecule has 6 nitrogen and oxygen atoms in total. The van der Waals surface area contributed by atoms with Crippen molar-refractivity contribution in [2.45, 2.75) is 51.1 Å². The summed E-state index contributed by atoms with van der Waals surface area (Å²) in [6.45, 7) is 4.77. The van der Waals surface area contributed by atoms with Crippen molar-refractivity contribution in [3.05, 3.63) is 41.2 Å². The molecule has 2 atom stereocenters. The quantitative estimate of drug-likeness (QED) is 0.591. The third kappa shape index (κ3) is 5.11. The van der Waals surface area contributed by atoms with Crippen molar-refractivity contribution >= 4 is 29.0 Å². The van der Waals surface area contributed by atoms with Crippen molar-refractivity contribution in [3.8, 4) is 5.75 Å². The van der Waals surface area contributed by atoms with Gasteiger partial charge in [-0.15, -0.1) is 0 Å². The van der Waals surface area contributed by atoms with E-state index in [4.69, 9.17) is 16.3 Å². The Balaban J connectivity index is 1.39. The molecule has 0 unspecified atom stereocenters. The van der Waals surface area contributed by atoms with Crippen molar-refractivity contribution in [1.29, 1.82) is 0 Å². The Hall–Kier alpha value is -2.48. The van der Waals surface area contributed by atoms with Gasteiger partial charge in [0.25, 0.3) is 5.92 Å². The van der Waals surface area contributed by atoms with Gasteiger partial charge in [-0.05, 0) is 30.5 Å². The first-order valence-corrected chi connectivity index (χ1v) is 11.2. The highest BCUT2D eigenvalue weighted by Gasteiger charge is 2.40. The fourth-order valence-electron chi connectivity index (χ4n) is 4.34. The van der Waals surface area contributed by atoms with Crippen molar-refractivity contribution in [2.24, 2.45) is 0 Å². The largest absolute Gasteiger partial charge is 0.489 e. The number of nitrogens with zero attached hydrogens (tertiary/aromatic N) is 4. The molecule has 2 aliphatic heterocycles. The van der Waals surface area contributed by atoms with Gasteiger partial charge in [-0.2, -0.15) is 0 Å². The summed E-state index contributed by atoms with van der Waals surface area (Å²) in [4.78, 5) is 23.3. The molecular weight excluding hydrogens is 438 g/mol. The number of carbonyl (C=O) groups excluding carboxylic acids is 1. The van der Waals surface area contributed by atoms with Crippen LogP contribution in [0.5, 0.6) is 5.75 Å². The van der Waals surface area contributed by atoms with E-state index in [-0.39, 0.29) is 37.3 Å². The molecule has 2 aliphatic rings. The molecule has 2 aromatic rings. The standard InChI is InChI=1S/C23H27ClF2N4O2/c1-15(11-16(2)31)17-3-5-18(6-4-17)32-19-7-9-29(12-19)21-20(24)22(28-14-27-21)30-10-8-23(25,26)13-30/h3-6,14-15,19H,7-13H2,1-2H3/t15-,19-/m1/s1. The molecule has 0 saturated carbocycles. The number of benzene rings is 1. The second-order valence-electron chi connectivity index (χ2n) is 8.71. The zero-order valence-electron chi connectivity index (χ0n) is 18.2. The molecule has 9 heteroatoms. The Morgan fingerprint density at radius 3 is 2.53 bits per heavy atom. The smallest absolute Gasteiger partial charge is 0.266 e. The number of rotatable bonds is 7. The second kappa shape index (κ2) is 9.17. The summed E-state index contributed by atoms with van der Waals surface area (Å²) in [5.41, 5.74) is 1.10. The molecule has 0 aliphatic carbocycles. The zero-order chi connectivity index (χ0) is 22.9. The molecule has 0 radical (unpaired) electrons. The molecule has 0 bridgehead atoms. The van der Waals surface area contributed by atoms with Crippen LogP contribution in [0.1, 0.15) is 44.6 Å². The lowest BCUT2D eigenvalue weighted by Gasteiger charge is -2.23. The van der Waals surface area contributed by atoms with E-state index in [0.29, 0.717) is 36.2 Å². The van der Waals surface area contributed by atoms with Gasteiger partial charge in [0.1, 0.15) is 29.0 Å². The van der Waals surface area contributed by atoms with E-state index >= 15 is 0 Å². The minimum atomic E-state index is -2.72. The van der Waals surface area contributed by atoms with E-state index in [1.165, 1.54) is 11.2 Å². The molecule has 3 heterocycles. The highest BCUT2D eigenvalue weighted by atomic mass is 35.5. The summed E-state index contributed by atoms with van der Waals surface area (Å²) in [6, 6.07) is 7.85. The molecule has 2 saturated heterocycles. The number of hydrogen-bond acceptors (Lipinski definition) is 6. The van der Waals surface area contributed by atoms with Crippen LogP contribution < -0.4 is 14.5 Å². The fraction of sp³-hybridized carbons (Fsp3) is 0.522. The molecule has 4 rings (SSSR count). The second-order valence-corrected chi connectivity index (χ2v) is 9.09. The predicted octanol–water partition coefficient (Wildman–Crippen LogP) is 4.72. The maximum Gasteiger partial charge on any atom is 0.266 e. The normalized spacial score (nSPS) is 21.1. The first-order valence-electron chi connectivity index (χ1n) is 10.9. The van der Waals surface area contributed by atoms with Gasteiger partial charge in [-0.25, -0.2) is 18.7 Å². The number of ether oxygens (including phenoxy) is 1. The number of anilines is 2. The average Bonchev–Trinajstić information content (AvgIpc) is 3.34. The number of alkyl halides is 2. The van der Waals surface area contributed by atoms with Crippen molar-refractivity contribution < 1.29 is 18.3 Å². The lowest BCUT2D eigenvalue weighted by Crippen LogP contribution is -2.28. The van der Waals surface area contributed by atoms with Crippen LogP contribution in [0.3, 0.4) is 0 Å². The topological polar surface area (TPSA) is 58.6 Å². The minimum absolute atomic E-state index is 0.0407. The Labute approximate surface area is 191 Å². The van der Waals surface area contributed by atoms with E-state index < -0.39 is 5.92 Å². The third-order valence-electron chi connectivity index (χ3n) is 6.01. The summed E-state index contributed by atoms with van der Waals surface area (Å²) < 4.78 is 33.4. The van der Waals surface area contributed by atoms with Crippen LogP contribution in [-0.2, 0) is 4.79 Å². The number of ketones is 1. The van der Waals surface area contributed by atoms with Gasteiger partial charge in [0, 0.05) is 32.4 Å². The Bertz CT molecular complexity index is 973. The first-order chi connectivity index (χ1) is 15.2. The van der Waals surface area contributed by atoms with Crippen LogP contribution in [0, 0.1) is 0 Å². The Morgan fingerprint density at radius 2 is 1.91 bits per heavy atom. The number of hydrogen-bond donors (Lipinski definition) is 0. The maximum absolute atomic E-state index is 13.6. The number of carbonyl (C=O) groups is 1. The predicted molar refractivity (Wildman–Crippen MR) is 120 cm³/mol. The summed E-state index contributed by atoms with van der Waals surface area (Å²) in [7, 11) is 0. The van der Waals surface area contributed by atoms with Gasteiger partial charge in [0.2, 0.25) is 0 Å². The van der Waals surface area contributed by atoms with Crippen molar-refractivity contribution in [3.63, 3.8) is 0 Å². The summed E-state index contributed by atoms with van der Waals surface area (Å²) in [6.07, 6.45) is 2.45. The van der Waals surface area contributed by atoms with Gasteiger partial charge in [0.05, 0.1) is 13.1 Å². The highest BCUT2D eigenvalue weighted by Crippen LogP contribution is 2.37. The van der Waals surface area contributed by atoms with E-state index in [2.05, 4.69) is 9.97 Å². The fourth-order valence-corrected chi connectivity index (χ4v) is 4.68. The molecule has 0 spiro atoms. The summed E-state index contributed by atoms with van der Waals surface area (Å²) >= 11 is 6.53. The van der Waals surface area contributed by atoms with E-state index in [9.17, 15) is 13.6 Å². The molecule has 0 amide bonds. The number of halogens is 3. The first kappa shape index (κ1) is 22.7. The molecule has 1 aromatic carbocycles. The summed E-state index contributed by atoms with van der Waals surface area (Å²) in [5.74, 6) is -0.702. The monoisotopic (exact) mass is 464 g/mol. The van der Waals surface area contributed by atoms with Crippen molar-refractivity contribution in [1.82, 2.24) is 9.97 Å². The van der Waals surface area contributed by atoms with Crippen LogP contribution >= 0.6 is 11.6 Å². The van der Waals surface area contributed by atoms with Crippen LogP contribution in [-0.4, -0.2) is 54.0 Å². The van der Waals surface area contributed by atoms with E-state index in [1.54, 1.807) is 6.92 Å². The van der Waals surface area contributed by atoms with Crippen molar-refractivity contribution in [2.75, 3.05) is 36.0 Å². The minimum Gasteiger partial charge on any atom is -0.489 e. The van der Waals surface area contributed by atoms with E-state index in [1.807, 2.05) is 36.1 Å². The zero-order valence-corrected chi connectivity index (χ0v) is 19.0. The van der Waals surface area contributed by atoms with Gasteiger partial charge >= 0.3 is 0 Å². The molecule has 172 valence electrons. The van der Waals surface area contributed by atoms with E-state index in [0.717, 1.165) is 17.7 Å². The van der Waals surface area contributed by atoms with Gasteiger partial charge < -0.3 is 19.3 Å². The average molecular weight is 465 g/mol. The van der Waals surface area contributed by atoms with Gasteiger partial charge in [0.15, 0.2) is 11.6 Å². The highest BCUT2D eigenvalue weighted by molar-refractivity contribution is 6.35. The van der Waals surface area contributed by atoms with Gasteiger partial charge in [-0.3, -0.25) is 0 Å². The van der Waals surface area contributed by atoms with Gasteiger partial charge in [-0.1, -0.05) is 30.7 Å². The lowest BCUT2D eigenvalue weighted by atomic mass is 9.96. The molecule has 1 aromatic heterocycles. The van der Waals surface area contributed by atoms with Crippen LogP contribution in [0.15, 0.2) is 30.6 Å². The molecule has 0 N–H and O–H groups in total. The number of aromatic nitrogens is 2. The molecule has 32 heavy (non-hydrogen) atoms. The van der Waals surface area contributed by atoms with Crippen LogP contribution in [0.2, 0.25) is 5.02 Å². The Morgan fingerprint density at radius 1 is 1.22 bits per heavy atom. The molecular formula is C23H27ClF2N4O2. The maximum atomic E-state index is 13.6. The van der Waals surface area contributed by atoms with Crippen LogP contribution in [0.25, 0.3) is 0 Å². The Kier molecular flexibility index (Phi) is 6.51. The SMILES string of the molecule is CC(=O)C[C@@H](C)c1ccc(O[C@@H]2CCN(c3ncnc(N4CCC(F)(F)C4)c3Cl)C2)cc1. The number of Topliss-reactive ketones (excluding diaryl/α,β-unsaturated/α-hetero) is 1. The van der Waals surface area contributed by atoms with Crippen LogP contribution in [0.4, 0.5) is 20.4 Å². The lowest BCUT2D eigenvalue weighted by molar-refractivity contribution is -0.117. The summed E-state index contributed by atoms with van der Waals surface area (Å²) in [5, 5.41) is 0.301. The third-order valence-corrected chi connectivity index (χ3v) is 6.35.